The van der Waals surface area contributed by atoms with Crippen molar-refractivity contribution in [3.63, 3.8) is 0 Å². The molecule has 0 aromatic heterocycles. The van der Waals surface area contributed by atoms with Crippen LogP contribution in [0.3, 0.4) is 0 Å². The maximum Gasteiger partial charge on any atom is 0.341 e. The van der Waals surface area contributed by atoms with Crippen LogP contribution in [0.1, 0.15) is 10.4 Å². The molecule has 0 fully saturated rings. The van der Waals surface area contributed by atoms with Crippen LogP contribution in [-0.2, 0) is 19.6 Å². The van der Waals surface area contributed by atoms with Crippen LogP contribution in [0.2, 0.25) is 0 Å². The van der Waals surface area contributed by atoms with E-state index in [0.717, 1.165) is 43.4 Å². The largest absolute Gasteiger partial charge is 0.452 e. The molecule has 154 valence electrons. The summed E-state index contributed by atoms with van der Waals surface area (Å²) >= 11 is 0. The lowest BCUT2D eigenvalue weighted by Crippen LogP contribution is -2.22. The monoisotopic (exact) mass is 429 g/mol. The molecule has 10 nitrogen and oxygen atoms in total. The minimum atomic E-state index is -3.95. The Morgan fingerprint density at radius 2 is 1.79 bits per heavy atom. The van der Waals surface area contributed by atoms with Gasteiger partial charge in [-0.3, -0.25) is 14.9 Å². The zero-order chi connectivity index (χ0) is 21.8. The minimum Gasteiger partial charge on any atom is -0.452 e. The molecule has 0 aliphatic rings. The lowest BCUT2D eigenvalue weighted by atomic mass is 10.2. The fourth-order valence-corrected chi connectivity index (χ4v) is 2.84. The van der Waals surface area contributed by atoms with Crippen molar-refractivity contribution in [2.45, 2.75) is 4.90 Å². The smallest absolute Gasteiger partial charge is 0.341 e. The van der Waals surface area contributed by atoms with Gasteiger partial charge in [0, 0.05) is 11.8 Å². The summed E-state index contributed by atoms with van der Waals surface area (Å²) in [6.45, 7) is -0.910. The number of carbonyl (C=O) groups excluding carboxylic acids is 2. The van der Waals surface area contributed by atoms with E-state index in [9.17, 15) is 36.9 Å². The van der Waals surface area contributed by atoms with Gasteiger partial charge in [-0.15, -0.1) is 0 Å². The van der Waals surface area contributed by atoms with Gasteiger partial charge in [-0.2, -0.15) is 4.39 Å². The minimum absolute atomic E-state index is 0.132. The van der Waals surface area contributed by atoms with Crippen molar-refractivity contribution in [2.24, 2.45) is 0 Å². The quantitative estimate of drug-likeness (QED) is 0.386. The van der Waals surface area contributed by atoms with Crippen LogP contribution in [0.4, 0.5) is 20.2 Å². The average molecular weight is 429 g/mol. The number of nitrogens with one attached hydrogen (secondary N) is 2. The Hall–Kier alpha value is -3.45. The summed E-state index contributed by atoms with van der Waals surface area (Å²) in [7, 11) is -2.82. The highest BCUT2D eigenvalue weighted by atomic mass is 32.2. The highest BCUT2D eigenvalue weighted by Crippen LogP contribution is 2.21. The molecule has 2 aromatic carbocycles. The first-order valence-electron chi connectivity index (χ1n) is 7.69. The molecule has 13 heteroatoms. The normalized spacial score (nSPS) is 11.0. The molecular weight excluding hydrogens is 416 g/mol. The molecule has 0 atom stereocenters. The van der Waals surface area contributed by atoms with Crippen LogP contribution in [0.5, 0.6) is 0 Å². The predicted octanol–water partition coefficient (Wildman–Crippen LogP) is 1.58. The lowest BCUT2D eigenvalue weighted by molar-refractivity contribution is -0.387. The van der Waals surface area contributed by atoms with Crippen molar-refractivity contribution in [3.05, 3.63) is 63.7 Å². The Labute approximate surface area is 162 Å². The molecule has 29 heavy (non-hydrogen) atoms. The Balaban J connectivity index is 2.08. The summed E-state index contributed by atoms with van der Waals surface area (Å²) in [5.41, 5.74) is -1.72. The molecule has 0 radical (unpaired) electrons. The molecule has 2 N–H and O–H groups in total. The molecule has 0 saturated carbocycles. The zero-order valence-corrected chi connectivity index (χ0v) is 15.5. The molecule has 0 bridgehead atoms. The Kier molecular flexibility index (Phi) is 6.56. The fourth-order valence-electron chi connectivity index (χ4n) is 2.08. The van der Waals surface area contributed by atoms with E-state index in [4.69, 9.17) is 0 Å². The molecule has 0 saturated heterocycles. The molecule has 0 heterocycles. The topological polar surface area (TPSA) is 145 Å². The third kappa shape index (κ3) is 5.30. The summed E-state index contributed by atoms with van der Waals surface area (Å²) in [6, 6.07) is 5.01. The second-order valence-corrected chi connectivity index (χ2v) is 7.28. The van der Waals surface area contributed by atoms with Gasteiger partial charge in [0.1, 0.15) is 5.82 Å². The van der Waals surface area contributed by atoms with E-state index in [1.807, 2.05) is 4.72 Å². The number of benzene rings is 2. The van der Waals surface area contributed by atoms with Crippen molar-refractivity contribution in [1.82, 2.24) is 4.72 Å². The number of carbonyl (C=O) groups is 2. The maximum absolute atomic E-state index is 13.8. The lowest BCUT2D eigenvalue weighted by Gasteiger charge is -2.09. The van der Waals surface area contributed by atoms with Gasteiger partial charge < -0.3 is 10.1 Å². The number of amides is 1. The predicted molar refractivity (Wildman–Crippen MR) is 94.6 cm³/mol. The summed E-state index contributed by atoms with van der Waals surface area (Å²) in [6.07, 6.45) is 0. The SMILES string of the molecule is CNS(=O)(=O)c1ccc(F)c(C(=O)OCC(=O)Nc2ccc(F)c([N+](=O)[O-])c2)c1. The summed E-state index contributed by atoms with van der Waals surface area (Å²) < 4.78 is 57.2. The van der Waals surface area contributed by atoms with Crippen LogP contribution in [-0.4, -0.2) is 38.9 Å². The molecule has 0 aliphatic carbocycles. The van der Waals surface area contributed by atoms with Crippen LogP contribution < -0.4 is 10.0 Å². The number of sulfonamides is 1. The average Bonchev–Trinajstić information content (AvgIpc) is 2.67. The van der Waals surface area contributed by atoms with E-state index in [1.165, 1.54) is 0 Å². The van der Waals surface area contributed by atoms with Gasteiger partial charge in [0.25, 0.3) is 5.91 Å². The van der Waals surface area contributed by atoms with Gasteiger partial charge in [-0.05, 0) is 37.4 Å². The van der Waals surface area contributed by atoms with Gasteiger partial charge in [0.05, 0.1) is 15.4 Å². The summed E-state index contributed by atoms with van der Waals surface area (Å²) in [4.78, 5) is 33.1. The Bertz CT molecular complexity index is 1090. The van der Waals surface area contributed by atoms with E-state index >= 15 is 0 Å². The second-order valence-electron chi connectivity index (χ2n) is 5.40. The number of anilines is 1. The van der Waals surface area contributed by atoms with Gasteiger partial charge in [0.2, 0.25) is 15.8 Å². The van der Waals surface area contributed by atoms with Gasteiger partial charge >= 0.3 is 11.7 Å². The molecule has 1 amide bonds. The van der Waals surface area contributed by atoms with Crippen molar-refractivity contribution < 1.29 is 36.4 Å². The number of ether oxygens (including phenoxy) is 1. The highest BCUT2D eigenvalue weighted by Gasteiger charge is 2.20. The Morgan fingerprint density at radius 3 is 2.41 bits per heavy atom. The number of nitro groups is 1. The molecule has 2 aromatic rings. The standard InChI is InChI=1S/C16H13F2N3O7S/c1-19-29(26,27)10-3-5-12(17)11(7-10)16(23)28-8-15(22)20-9-2-4-13(18)14(6-9)21(24)25/h2-7,19H,8H2,1H3,(H,20,22). The first-order chi connectivity index (χ1) is 13.5. The third-order valence-corrected chi connectivity index (χ3v) is 4.91. The van der Waals surface area contributed by atoms with E-state index in [-0.39, 0.29) is 5.69 Å². The second kappa shape index (κ2) is 8.70. The zero-order valence-electron chi connectivity index (χ0n) is 14.6. The van der Waals surface area contributed by atoms with Gasteiger partial charge in [-0.1, -0.05) is 0 Å². The number of nitro benzene ring substituents is 1. The first kappa shape index (κ1) is 21.8. The summed E-state index contributed by atoms with van der Waals surface area (Å²) in [5.74, 6) is -4.43. The van der Waals surface area contributed by atoms with Crippen LogP contribution in [0.15, 0.2) is 41.3 Å². The van der Waals surface area contributed by atoms with Crippen molar-refractivity contribution in [1.29, 1.82) is 0 Å². The van der Waals surface area contributed by atoms with Crippen LogP contribution >= 0.6 is 0 Å². The maximum atomic E-state index is 13.8. The van der Waals surface area contributed by atoms with E-state index < -0.39 is 61.2 Å². The molecule has 0 aliphatic heterocycles. The Morgan fingerprint density at radius 1 is 1.14 bits per heavy atom. The third-order valence-electron chi connectivity index (χ3n) is 3.50. The van der Waals surface area contributed by atoms with Crippen molar-refractivity contribution in [2.75, 3.05) is 19.0 Å². The molecule has 0 spiro atoms. The summed E-state index contributed by atoms with van der Waals surface area (Å²) in [5, 5.41) is 12.8. The van der Waals surface area contributed by atoms with E-state index in [2.05, 4.69) is 10.1 Å². The van der Waals surface area contributed by atoms with Crippen LogP contribution in [0.25, 0.3) is 0 Å². The number of esters is 1. The van der Waals surface area contributed by atoms with E-state index in [1.54, 1.807) is 0 Å². The first-order valence-corrected chi connectivity index (χ1v) is 9.17. The fraction of sp³-hybridized carbons (Fsp3) is 0.125. The van der Waals surface area contributed by atoms with Gasteiger partial charge in [-0.25, -0.2) is 22.3 Å². The van der Waals surface area contributed by atoms with E-state index in [0.29, 0.717) is 0 Å². The number of nitrogens with zero attached hydrogens (tertiary/aromatic N) is 1. The number of halogens is 2. The van der Waals surface area contributed by atoms with Gasteiger partial charge in [0.15, 0.2) is 6.61 Å². The molecule has 0 unspecified atom stereocenters. The van der Waals surface area contributed by atoms with Crippen LogP contribution in [0, 0.1) is 21.7 Å². The number of rotatable bonds is 7. The molecular formula is C16H13F2N3O7S. The number of hydrogen-bond donors (Lipinski definition) is 2. The van der Waals surface area contributed by atoms with Crippen molar-refractivity contribution >= 4 is 33.3 Å². The highest BCUT2D eigenvalue weighted by molar-refractivity contribution is 7.89. The number of hydrogen-bond acceptors (Lipinski definition) is 7. The van der Waals surface area contributed by atoms with Crippen molar-refractivity contribution in [3.8, 4) is 0 Å². The molecule has 2 rings (SSSR count).